The largest absolute Gasteiger partial charge is 0.460 e. The number of carbonyl (C=O) groups excluding carboxylic acids is 3. The molecule has 0 aliphatic carbocycles. The summed E-state index contributed by atoms with van der Waals surface area (Å²) < 4.78 is 11.4. The van der Waals surface area contributed by atoms with Crippen LogP contribution in [-0.4, -0.2) is 64.3 Å². The molecule has 1 aromatic heterocycles. The Labute approximate surface area is 212 Å². The van der Waals surface area contributed by atoms with Crippen LogP contribution in [0.4, 0.5) is 0 Å². The van der Waals surface area contributed by atoms with E-state index in [0.717, 1.165) is 48.5 Å². The van der Waals surface area contributed by atoms with Gasteiger partial charge in [-0.25, -0.2) is 4.98 Å². The van der Waals surface area contributed by atoms with Crippen LogP contribution in [0.3, 0.4) is 0 Å². The number of rotatable bonds is 7. The van der Waals surface area contributed by atoms with E-state index in [1.165, 1.54) is 4.90 Å². The van der Waals surface area contributed by atoms with Gasteiger partial charge in [0.2, 0.25) is 5.91 Å². The van der Waals surface area contributed by atoms with Crippen LogP contribution < -0.4 is 5.73 Å². The first-order valence-electron chi connectivity index (χ1n) is 12.5. The molecule has 1 saturated heterocycles. The average Bonchev–Trinajstić information content (AvgIpc) is 3.33. The molecule has 0 radical (unpaired) electrons. The number of nitrogens with zero attached hydrogens (tertiary/aromatic N) is 3. The highest BCUT2D eigenvalue weighted by Crippen LogP contribution is 2.37. The van der Waals surface area contributed by atoms with E-state index >= 15 is 0 Å². The third kappa shape index (κ3) is 5.61. The molecule has 1 aromatic carbocycles. The van der Waals surface area contributed by atoms with Crippen LogP contribution in [0.15, 0.2) is 22.6 Å². The maximum Gasteiger partial charge on any atom is 0.306 e. The van der Waals surface area contributed by atoms with E-state index in [0.29, 0.717) is 17.4 Å². The van der Waals surface area contributed by atoms with E-state index in [-0.39, 0.29) is 25.3 Å². The van der Waals surface area contributed by atoms with Gasteiger partial charge in [-0.3, -0.25) is 14.4 Å². The fourth-order valence-electron chi connectivity index (χ4n) is 5.04. The van der Waals surface area contributed by atoms with Crippen LogP contribution in [0.5, 0.6) is 0 Å². The maximum absolute atomic E-state index is 13.2. The number of benzene rings is 1. The number of carbonyl (C=O) groups is 3. The second-order valence-electron chi connectivity index (χ2n) is 10.9. The summed E-state index contributed by atoms with van der Waals surface area (Å²) in [5.74, 6) is 0.481. The Balaban J connectivity index is 1.53. The topological polar surface area (TPSA) is 119 Å². The summed E-state index contributed by atoms with van der Waals surface area (Å²) in [5.41, 5.74) is 8.06. The van der Waals surface area contributed by atoms with Crippen LogP contribution in [0.1, 0.15) is 79.9 Å². The zero-order valence-electron chi connectivity index (χ0n) is 21.8. The van der Waals surface area contributed by atoms with Gasteiger partial charge in [0.15, 0.2) is 5.89 Å². The average molecular weight is 497 g/mol. The summed E-state index contributed by atoms with van der Waals surface area (Å²) >= 11 is 0. The van der Waals surface area contributed by atoms with E-state index in [9.17, 15) is 14.4 Å². The Kier molecular flexibility index (Phi) is 7.22. The lowest BCUT2D eigenvalue weighted by molar-refractivity contribution is -0.155. The van der Waals surface area contributed by atoms with Crippen molar-refractivity contribution in [1.82, 2.24) is 14.8 Å². The van der Waals surface area contributed by atoms with E-state index in [1.807, 2.05) is 19.1 Å². The van der Waals surface area contributed by atoms with Crippen molar-refractivity contribution in [2.24, 2.45) is 5.73 Å². The number of hydrogen-bond donors (Lipinski definition) is 1. The van der Waals surface area contributed by atoms with Gasteiger partial charge in [0.05, 0.1) is 0 Å². The van der Waals surface area contributed by atoms with Crippen molar-refractivity contribution < 1.29 is 23.5 Å². The quantitative estimate of drug-likeness (QED) is 0.584. The van der Waals surface area contributed by atoms with E-state index in [4.69, 9.17) is 14.9 Å². The molecule has 2 N–H and O–H groups in total. The van der Waals surface area contributed by atoms with Gasteiger partial charge < -0.3 is 24.7 Å². The Morgan fingerprint density at radius 2 is 1.94 bits per heavy atom. The molecule has 4 rings (SSSR count). The summed E-state index contributed by atoms with van der Waals surface area (Å²) in [7, 11) is 2.12. The van der Waals surface area contributed by atoms with Crippen molar-refractivity contribution in [3.05, 3.63) is 41.0 Å². The third-order valence-electron chi connectivity index (χ3n) is 6.81. The number of oxazole rings is 1. The van der Waals surface area contributed by atoms with Crippen LogP contribution >= 0.6 is 0 Å². The van der Waals surface area contributed by atoms with Crippen molar-refractivity contribution in [2.75, 3.05) is 20.1 Å². The van der Waals surface area contributed by atoms with Crippen LogP contribution in [0, 0.1) is 6.92 Å². The van der Waals surface area contributed by atoms with Crippen molar-refractivity contribution in [1.29, 1.82) is 0 Å². The van der Waals surface area contributed by atoms with Crippen LogP contribution in [0.2, 0.25) is 0 Å². The molecule has 1 atom stereocenters. The van der Waals surface area contributed by atoms with Gasteiger partial charge in [-0.15, -0.1) is 0 Å². The SMILES string of the molecule is Cc1nc(-c2ccc3c(c2)CN(C(CCC(=O)OC(C)(C)C)C(N)=O)C3=O)c(C2CCN(C)CC2)o1. The number of nitrogens with two attached hydrogens (primary N) is 1. The minimum absolute atomic E-state index is 0.00555. The Morgan fingerprint density at radius 1 is 1.25 bits per heavy atom. The number of esters is 1. The summed E-state index contributed by atoms with van der Waals surface area (Å²) in [4.78, 5) is 46.1. The number of likely N-dealkylation sites (tertiary alicyclic amines) is 1. The van der Waals surface area contributed by atoms with Crippen LogP contribution in [0.25, 0.3) is 11.3 Å². The van der Waals surface area contributed by atoms with Gasteiger partial charge in [0.1, 0.15) is 23.1 Å². The van der Waals surface area contributed by atoms with Gasteiger partial charge in [0, 0.05) is 36.9 Å². The minimum Gasteiger partial charge on any atom is -0.460 e. The number of ether oxygens (including phenoxy) is 1. The highest BCUT2D eigenvalue weighted by atomic mass is 16.6. The van der Waals surface area contributed by atoms with E-state index in [1.54, 1.807) is 26.8 Å². The highest BCUT2D eigenvalue weighted by molar-refractivity contribution is 6.01. The molecule has 1 fully saturated rings. The predicted octanol–water partition coefficient (Wildman–Crippen LogP) is 3.39. The molecule has 1 unspecified atom stereocenters. The molecule has 2 aliphatic rings. The number of hydrogen-bond acceptors (Lipinski definition) is 7. The van der Waals surface area contributed by atoms with Crippen molar-refractivity contribution in [2.45, 2.75) is 77.5 Å². The Morgan fingerprint density at radius 3 is 2.58 bits per heavy atom. The second-order valence-corrected chi connectivity index (χ2v) is 10.9. The first-order chi connectivity index (χ1) is 16.9. The van der Waals surface area contributed by atoms with Crippen molar-refractivity contribution in [3.63, 3.8) is 0 Å². The summed E-state index contributed by atoms with van der Waals surface area (Å²) in [6, 6.07) is 4.72. The molecular weight excluding hydrogens is 460 g/mol. The molecule has 2 aliphatic heterocycles. The van der Waals surface area contributed by atoms with Gasteiger partial charge >= 0.3 is 5.97 Å². The molecule has 3 heterocycles. The smallest absolute Gasteiger partial charge is 0.306 e. The molecule has 0 saturated carbocycles. The highest BCUT2D eigenvalue weighted by Gasteiger charge is 2.36. The summed E-state index contributed by atoms with van der Waals surface area (Å²) in [6.45, 7) is 9.45. The monoisotopic (exact) mass is 496 g/mol. The Bertz CT molecular complexity index is 1160. The molecule has 9 nitrogen and oxygen atoms in total. The van der Waals surface area contributed by atoms with Gasteiger partial charge in [0.25, 0.3) is 5.91 Å². The second kappa shape index (κ2) is 10.0. The molecule has 0 spiro atoms. The van der Waals surface area contributed by atoms with Crippen molar-refractivity contribution >= 4 is 17.8 Å². The molecular formula is C27H36N4O5. The van der Waals surface area contributed by atoms with Crippen molar-refractivity contribution in [3.8, 4) is 11.3 Å². The number of aromatic nitrogens is 1. The Hall–Kier alpha value is -3.20. The zero-order valence-corrected chi connectivity index (χ0v) is 21.8. The number of fused-ring (bicyclic) bond motifs is 1. The first kappa shape index (κ1) is 25.9. The number of amides is 2. The lowest BCUT2D eigenvalue weighted by atomic mass is 9.91. The maximum atomic E-state index is 13.2. The van der Waals surface area contributed by atoms with E-state index in [2.05, 4.69) is 16.9 Å². The van der Waals surface area contributed by atoms with Gasteiger partial charge in [-0.05, 0) is 77.9 Å². The fraction of sp³-hybridized carbons (Fsp3) is 0.556. The van der Waals surface area contributed by atoms with E-state index < -0.39 is 23.5 Å². The van der Waals surface area contributed by atoms with Gasteiger partial charge in [-0.1, -0.05) is 6.07 Å². The standard InChI is InChI=1S/C27H36N4O5/c1-16-29-23(24(35-16)17-10-12-30(5)13-11-17)18-6-7-20-19(14-18)15-31(26(20)34)21(25(28)33)8-9-22(32)36-27(2,3)4/h6-7,14,17,21H,8-13,15H2,1-5H3,(H2,28,33). The number of primary amides is 1. The lowest BCUT2D eigenvalue weighted by Crippen LogP contribution is -2.45. The predicted molar refractivity (Wildman–Crippen MR) is 134 cm³/mol. The molecule has 2 amide bonds. The van der Waals surface area contributed by atoms with Gasteiger partial charge in [-0.2, -0.15) is 0 Å². The molecule has 36 heavy (non-hydrogen) atoms. The number of piperidine rings is 1. The minimum atomic E-state index is -0.898. The zero-order chi connectivity index (χ0) is 26.2. The molecule has 2 aromatic rings. The summed E-state index contributed by atoms with van der Waals surface area (Å²) in [6.07, 6.45) is 2.12. The normalized spacial score (nSPS) is 17.8. The fourth-order valence-corrected chi connectivity index (χ4v) is 5.04. The lowest BCUT2D eigenvalue weighted by Gasteiger charge is -2.28. The molecule has 194 valence electrons. The first-order valence-corrected chi connectivity index (χ1v) is 12.5. The third-order valence-corrected chi connectivity index (χ3v) is 6.81. The summed E-state index contributed by atoms with van der Waals surface area (Å²) in [5, 5.41) is 0. The molecule has 0 bridgehead atoms. The van der Waals surface area contributed by atoms with Crippen LogP contribution in [-0.2, 0) is 20.9 Å². The molecule has 9 heteroatoms. The number of aryl methyl sites for hydroxylation is 1.